The molecule has 9 nitrogen and oxygen atoms in total. The lowest BCUT2D eigenvalue weighted by Crippen LogP contribution is -2.49. The van der Waals surface area contributed by atoms with Crippen LogP contribution in [-0.4, -0.2) is 66.3 Å². The summed E-state index contributed by atoms with van der Waals surface area (Å²) in [7, 11) is -0.508. The van der Waals surface area contributed by atoms with E-state index in [-0.39, 0.29) is 11.6 Å². The molecular weight excluding hydrogens is 607 g/mol. The van der Waals surface area contributed by atoms with E-state index in [0.717, 1.165) is 5.56 Å². The van der Waals surface area contributed by atoms with Crippen molar-refractivity contribution in [1.82, 2.24) is 20.0 Å². The summed E-state index contributed by atoms with van der Waals surface area (Å²) in [5.74, 6) is 1.52. The standard InChI is InChI=1S/C31H44Cl2N4O5Si/c1-18-26(25-19(2)36-41-20(25)3)34-28(35-27(18)33)23-15-21(13-14-24(23)32)39-17-22(42-43(11,12)31(7,8)9)16-37(10)29(38)40-30(4,5)6/h13-15,22H,16-17H2,1-12H3/t22-/m1/s1. The number of aryl methyl sites for hydroxylation is 2. The van der Waals surface area contributed by atoms with Gasteiger partial charge in [0.25, 0.3) is 0 Å². The number of hydrogen-bond acceptors (Lipinski definition) is 8. The summed E-state index contributed by atoms with van der Waals surface area (Å²) in [6.45, 7) is 22.4. The molecule has 0 bridgehead atoms. The van der Waals surface area contributed by atoms with E-state index in [1.807, 2.05) is 41.5 Å². The first-order valence-electron chi connectivity index (χ1n) is 14.2. The van der Waals surface area contributed by atoms with Crippen molar-refractivity contribution in [2.75, 3.05) is 20.2 Å². The van der Waals surface area contributed by atoms with Gasteiger partial charge in [0.2, 0.25) is 0 Å². The van der Waals surface area contributed by atoms with Gasteiger partial charge in [0.05, 0.1) is 34.6 Å². The first-order chi connectivity index (χ1) is 19.7. The van der Waals surface area contributed by atoms with Crippen LogP contribution in [0.25, 0.3) is 22.6 Å². The minimum absolute atomic E-state index is 0.0375. The van der Waals surface area contributed by atoms with E-state index in [1.54, 1.807) is 25.2 Å². The van der Waals surface area contributed by atoms with Crippen molar-refractivity contribution in [1.29, 1.82) is 0 Å². The maximum absolute atomic E-state index is 12.7. The predicted molar refractivity (Wildman–Crippen MR) is 174 cm³/mol. The van der Waals surface area contributed by atoms with E-state index in [2.05, 4.69) is 44.0 Å². The fraction of sp³-hybridized carbons (Fsp3) is 0.548. The molecule has 0 unspecified atom stereocenters. The molecule has 0 aliphatic carbocycles. The molecule has 2 aromatic heterocycles. The normalized spacial score (nSPS) is 13.2. The van der Waals surface area contributed by atoms with Gasteiger partial charge in [-0.25, -0.2) is 14.8 Å². The van der Waals surface area contributed by atoms with E-state index in [0.29, 0.717) is 56.6 Å². The van der Waals surface area contributed by atoms with E-state index in [4.69, 9.17) is 46.6 Å². The number of halogens is 2. The second kappa shape index (κ2) is 13.1. The Morgan fingerprint density at radius 3 is 2.28 bits per heavy atom. The van der Waals surface area contributed by atoms with Gasteiger partial charge >= 0.3 is 6.09 Å². The molecule has 0 saturated carbocycles. The summed E-state index contributed by atoms with van der Waals surface area (Å²) in [6.07, 6.45) is -0.832. The lowest BCUT2D eigenvalue weighted by molar-refractivity contribution is 0.0172. The van der Waals surface area contributed by atoms with Gasteiger partial charge in [-0.05, 0) is 77.9 Å². The number of aromatic nitrogens is 3. The third kappa shape index (κ3) is 8.71. The molecule has 1 aromatic carbocycles. The average molecular weight is 652 g/mol. The Morgan fingerprint density at radius 1 is 1.07 bits per heavy atom. The summed E-state index contributed by atoms with van der Waals surface area (Å²) in [5.41, 5.74) is 2.76. The van der Waals surface area contributed by atoms with Crippen LogP contribution in [0.5, 0.6) is 5.75 Å². The lowest BCUT2D eigenvalue weighted by Gasteiger charge is -2.40. The molecule has 3 rings (SSSR count). The van der Waals surface area contributed by atoms with Crippen molar-refractivity contribution in [2.45, 2.75) is 92.2 Å². The molecule has 0 radical (unpaired) electrons. The van der Waals surface area contributed by atoms with Crippen LogP contribution in [0, 0.1) is 20.8 Å². The number of ether oxygens (including phenoxy) is 2. The van der Waals surface area contributed by atoms with Gasteiger partial charge in [-0.15, -0.1) is 0 Å². The van der Waals surface area contributed by atoms with Crippen LogP contribution in [0.15, 0.2) is 22.7 Å². The summed E-state index contributed by atoms with van der Waals surface area (Å²) in [5, 5.41) is 4.77. The quantitative estimate of drug-likeness (QED) is 0.167. The zero-order valence-electron chi connectivity index (χ0n) is 27.3. The third-order valence-corrected chi connectivity index (χ3v) is 12.7. The maximum atomic E-state index is 12.7. The molecule has 43 heavy (non-hydrogen) atoms. The number of nitrogens with zero attached hydrogens (tertiary/aromatic N) is 4. The molecular formula is C31H44Cl2N4O5Si. The highest BCUT2D eigenvalue weighted by Crippen LogP contribution is 2.38. The molecule has 0 N–H and O–H groups in total. The molecule has 0 fully saturated rings. The number of benzene rings is 1. The van der Waals surface area contributed by atoms with Gasteiger partial charge in [-0.1, -0.05) is 49.1 Å². The molecule has 236 valence electrons. The molecule has 12 heteroatoms. The number of rotatable bonds is 9. The highest BCUT2D eigenvalue weighted by Gasteiger charge is 2.40. The first-order valence-corrected chi connectivity index (χ1v) is 17.9. The van der Waals surface area contributed by atoms with Crippen molar-refractivity contribution < 1.29 is 23.2 Å². The van der Waals surface area contributed by atoms with Gasteiger partial charge in [-0.3, -0.25) is 0 Å². The minimum atomic E-state index is -2.21. The molecule has 0 saturated heterocycles. The first kappa shape index (κ1) is 34.8. The Labute approximate surface area is 266 Å². The van der Waals surface area contributed by atoms with Crippen LogP contribution in [0.1, 0.15) is 58.6 Å². The van der Waals surface area contributed by atoms with Crippen LogP contribution in [0.3, 0.4) is 0 Å². The Hall–Kier alpha value is -2.66. The number of likely N-dealkylation sites (N-methyl/N-ethyl adjacent to an activating group) is 1. The smallest absolute Gasteiger partial charge is 0.410 e. The average Bonchev–Trinajstić information content (AvgIpc) is 3.20. The van der Waals surface area contributed by atoms with Gasteiger partial charge in [0.1, 0.15) is 28.9 Å². The van der Waals surface area contributed by atoms with Crippen LogP contribution in [0.4, 0.5) is 4.79 Å². The van der Waals surface area contributed by atoms with E-state index < -0.39 is 26.1 Å². The second-order valence-electron chi connectivity index (χ2n) is 13.3. The van der Waals surface area contributed by atoms with Crippen LogP contribution in [-0.2, 0) is 9.16 Å². The van der Waals surface area contributed by atoms with Gasteiger partial charge < -0.3 is 23.3 Å². The third-order valence-electron chi connectivity index (χ3n) is 7.42. The lowest BCUT2D eigenvalue weighted by atomic mass is 10.1. The number of carbonyl (C=O) groups excluding carboxylic acids is 1. The fourth-order valence-corrected chi connectivity index (χ4v) is 5.77. The predicted octanol–water partition coefficient (Wildman–Crippen LogP) is 8.67. The zero-order chi connectivity index (χ0) is 32.5. The Morgan fingerprint density at radius 2 is 1.72 bits per heavy atom. The summed E-state index contributed by atoms with van der Waals surface area (Å²) < 4.78 is 23.9. The summed E-state index contributed by atoms with van der Waals surface area (Å²) >= 11 is 13.2. The number of hydrogen-bond donors (Lipinski definition) is 0. The fourth-order valence-electron chi connectivity index (χ4n) is 4.07. The molecule has 0 spiro atoms. The molecule has 0 aliphatic rings. The Balaban J connectivity index is 1.91. The number of carbonyl (C=O) groups is 1. The minimum Gasteiger partial charge on any atom is -0.491 e. The topological polar surface area (TPSA) is 99.8 Å². The number of amides is 1. The van der Waals surface area contributed by atoms with Crippen molar-refractivity contribution in [3.05, 3.63) is 45.4 Å². The van der Waals surface area contributed by atoms with E-state index in [1.165, 1.54) is 4.90 Å². The van der Waals surface area contributed by atoms with E-state index >= 15 is 0 Å². The van der Waals surface area contributed by atoms with Crippen molar-refractivity contribution in [3.63, 3.8) is 0 Å². The molecule has 1 amide bonds. The second-order valence-corrected chi connectivity index (χ2v) is 18.8. The van der Waals surface area contributed by atoms with Crippen LogP contribution in [0.2, 0.25) is 28.3 Å². The Kier molecular flexibility index (Phi) is 10.6. The monoisotopic (exact) mass is 650 g/mol. The van der Waals surface area contributed by atoms with Gasteiger partial charge in [-0.2, -0.15) is 0 Å². The summed E-state index contributed by atoms with van der Waals surface area (Å²) in [6, 6.07) is 5.29. The van der Waals surface area contributed by atoms with Gasteiger partial charge in [0.15, 0.2) is 14.1 Å². The molecule has 1 atom stereocenters. The Bertz CT molecular complexity index is 1440. The van der Waals surface area contributed by atoms with Crippen molar-refractivity contribution >= 4 is 37.6 Å². The summed E-state index contributed by atoms with van der Waals surface area (Å²) in [4.78, 5) is 23.6. The highest BCUT2D eigenvalue weighted by atomic mass is 35.5. The molecule has 0 aliphatic heterocycles. The zero-order valence-corrected chi connectivity index (χ0v) is 29.8. The van der Waals surface area contributed by atoms with Crippen molar-refractivity contribution in [2.24, 2.45) is 0 Å². The highest BCUT2D eigenvalue weighted by molar-refractivity contribution is 6.74. The molecule has 3 aromatic rings. The van der Waals surface area contributed by atoms with Crippen molar-refractivity contribution in [3.8, 4) is 28.4 Å². The molecule has 2 heterocycles. The van der Waals surface area contributed by atoms with Crippen LogP contribution < -0.4 is 4.74 Å². The van der Waals surface area contributed by atoms with Gasteiger partial charge in [0, 0.05) is 18.2 Å². The maximum Gasteiger partial charge on any atom is 0.410 e. The van der Waals surface area contributed by atoms with E-state index in [9.17, 15) is 4.79 Å². The largest absolute Gasteiger partial charge is 0.491 e. The van der Waals surface area contributed by atoms with Crippen LogP contribution >= 0.6 is 23.2 Å². The SMILES string of the molecule is Cc1noc(C)c1-c1nc(-c2cc(OC[C@@H](CN(C)C(=O)OC(C)(C)C)O[Si](C)(C)C(C)(C)C)ccc2Cl)nc(Cl)c1C.